The number of hydrogen-bond donors (Lipinski definition) is 0. The maximum atomic E-state index is 6.89. The molecule has 0 amide bonds. The predicted molar refractivity (Wildman–Crippen MR) is 251 cm³/mol. The molecule has 0 aliphatic carbocycles. The van der Waals surface area contributed by atoms with E-state index in [4.69, 9.17) is 47.4 Å². The molecule has 10 nitrogen and oxygen atoms in total. The SMILES string of the molecule is CO[C@H]1O[C@H](C=C[C@H]2O[C@H](OC)[C@H](OCc3ccccc3)[C@@H](OCc3ccccc3)[C@H]2OCc2ccccc2)[C@H](OCc2ccccc2)[C@H](OCc2ccccc2)[C@H]1OCc1ccccc1. The van der Waals surface area contributed by atoms with E-state index in [0.29, 0.717) is 39.6 Å². The van der Waals surface area contributed by atoms with Gasteiger partial charge in [0.1, 0.15) is 48.8 Å². The minimum absolute atomic E-state index is 0.303. The first kappa shape index (κ1) is 47.2. The molecule has 6 aromatic carbocycles. The minimum Gasteiger partial charge on any atom is -0.368 e. The zero-order valence-corrected chi connectivity index (χ0v) is 37.6. The summed E-state index contributed by atoms with van der Waals surface area (Å²) in [5, 5.41) is 0. The zero-order valence-electron chi connectivity index (χ0n) is 37.6. The van der Waals surface area contributed by atoms with Crippen molar-refractivity contribution in [2.45, 2.75) is 101 Å². The van der Waals surface area contributed by atoms with Gasteiger partial charge in [-0.2, -0.15) is 0 Å². The number of ether oxygens (including phenoxy) is 10. The summed E-state index contributed by atoms with van der Waals surface area (Å²) in [7, 11) is 3.24. The Morgan fingerprint density at radius 2 is 0.515 bits per heavy atom. The summed E-state index contributed by atoms with van der Waals surface area (Å²) in [4.78, 5) is 0. The third kappa shape index (κ3) is 13.2. The largest absolute Gasteiger partial charge is 0.368 e. The van der Waals surface area contributed by atoms with Gasteiger partial charge in [0.2, 0.25) is 0 Å². The Balaban J connectivity index is 1.14. The van der Waals surface area contributed by atoms with Gasteiger partial charge in [-0.3, -0.25) is 0 Å². The Hall–Kier alpha value is -5.34. The molecule has 6 aromatic rings. The highest BCUT2D eigenvalue weighted by Gasteiger charge is 2.50. The Labute approximate surface area is 388 Å². The van der Waals surface area contributed by atoms with E-state index in [1.165, 1.54) is 0 Å². The molecular formula is C56H60O10. The number of methoxy groups -OCH3 is 2. The van der Waals surface area contributed by atoms with Crippen molar-refractivity contribution in [2.75, 3.05) is 14.2 Å². The summed E-state index contributed by atoms with van der Waals surface area (Å²) in [6, 6.07) is 60.3. The van der Waals surface area contributed by atoms with Crippen molar-refractivity contribution in [1.29, 1.82) is 0 Å². The van der Waals surface area contributed by atoms with Crippen LogP contribution in [0.1, 0.15) is 33.4 Å². The molecular weight excluding hydrogens is 833 g/mol. The van der Waals surface area contributed by atoms with Gasteiger partial charge in [0.05, 0.1) is 39.6 Å². The third-order valence-electron chi connectivity index (χ3n) is 11.7. The van der Waals surface area contributed by atoms with Crippen LogP contribution in [0.25, 0.3) is 0 Å². The van der Waals surface area contributed by atoms with E-state index in [1.54, 1.807) is 14.2 Å². The molecule has 0 aromatic heterocycles. The first-order chi connectivity index (χ1) is 32.6. The molecule has 2 fully saturated rings. The van der Waals surface area contributed by atoms with Crippen LogP contribution in [0, 0.1) is 0 Å². The van der Waals surface area contributed by atoms with Crippen molar-refractivity contribution in [2.24, 2.45) is 0 Å². The van der Waals surface area contributed by atoms with Crippen molar-refractivity contribution in [3.05, 3.63) is 228 Å². The molecule has 344 valence electrons. The van der Waals surface area contributed by atoms with Crippen molar-refractivity contribution in [3.63, 3.8) is 0 Å². The summed E-state index contributed by atoms with van der Waals surface area (Å²) >= 11 is 0. The number of benzene rings is 6. The average molecular weight is 893 g/mol. The lowest BCUT2D eigenvalue weighted by molar-refractivity contribution is -0.312. The lowest BCUT2D eigenvalue weighted by Crippen LogP contribution is -2.61. The highest BCUT2D eigenvalue weighted by Crippen LogP contribution is 2.35. The van der Waals surface area contributed by atoms with E-state index < -0.39 is 61.4 Å². The Morgan fingerprint density at radius 3 is 0.742 bits per heavy atom. The second-order valence-electron chi connectivity index (χ2n) is 16.4. The van der Waals surface area contributed by atoms with Gasteiger partial charge in [0.25, 0.3) is 0 Å². The van der Waals surface area contributed by atoms with Crippen molar-refractivity contribution in [3.8, 4) is 0 Å². The molecule has 0 spiro atoms. The fraction of sp³-hybridized carbons (Fsp3) is 0.321. The van der Waals surface area contributed by atoms with Gasteiger partial charge in [-0.05, 0) is 33.4 Å². The Bertz CT molecular complexity index is 2110. The monoisotopic (exact) mass is 892 g/mol. The second kappa shape index (κ2) is 25.0. The van der Waals surface area contributed by atoms with Gasteiger partial charge in [0, 0.05) is 14.2 Å². The maximum absolute atomic E-state index is 6.89. The third-order valence-corrected chi connectivity index (χ3v) is 11.7. The quantitative estimate of drug-likeness (QED) is 0.0614. The highest BCUT2D eigenvalue weighted by atomic mass is 16.7. The summed E-state index contributed by atoms with van der Waals surface area (Å²) in [6.07, 6.45) is -2.98. The Kier molecular flexibility index (Phi) is 17.8. The van der Waals surface area contributed by atoms with Gasteiger partial charge in [-0.15, -0.1) is 0 Å². The van der Waals surface area contributed by atoms with Crippen LogP contribution in [0.15, 0.2) is 194 Å². The first-order valence-corrected chi connectivity index (χ1v) is 22.6. The molecule has 0 unspecified atom stereocenters. The van der Waals surface area contributed by atoms with Crippen molar-refractivity contribution < 1.29 is 47.4 Å². The van der Waals surface area contributed by atoms with Gasteiger partial charge < -0.3 is 47.4 Å². The predicted octanol–water partition coefficient (Wildman–Crippen LogP) is 9.80. The van der Waals surface area contributed by atoms with E-state index in [2.05, 4.69) is 0 Å². The van der Waals surface area contributed by atoms with Crippen molar-refractivity contribution in [1.82, 2.24) is 0 Å². The molecule has 0 radical (unpaired) electrons. The van der Waals surface area contributed by atoms with Gasteiger partial charge in [-0.1, -0.05) is 194 Å². The molecule has 66 heavy (non-hydrogen) atoms. The van der Waals surface area contributed by atoms with Crippen molar-refractivity contribution >= 4 is 0 Å². The maximum Gasteiger partial charge on any atom is 0.186 e. The molecule has 2 aliphatic heterocycles. The summed E-state index contributed by atoms with van der Waals surface area (Å²) < 4.78 is 66.8. The molecule has 8 rings (SSSR count). The summed E-state index contributed by atoms with van der Waals surface area (Å²) in [6.45, 7) is 1.87. The normalized spacial score (nSPS) is 25.5. The minimum atomic E-state index is -0.817. The summed E-state index contributed by atoms with van der Waals surface area (Å²) in [5.41, 5.74) is 6.06. The second-order valence-corrected chi connectivity index (χ2v) is 16.4. The fourth-order valence-electron chi connectivity index (χ4n) is 8.29. The molecule has 0 N–H and O–H groups in total. The van der Waals surface area contributed by atoms with Crippen LogP contribution in [0.4, 0.5) is 0 Å². The van der Waals surface area contributed by atoms with E-state index in [1.807, 2.05) is 194 Å². The van der Waals surface area contributed by atoms with Crippen LogP contribution >= 0.6 is 0 Å². The lowest BCUT2D eigenvalue weighted by atomic mass is 9.94. The zero-order chi connectivity index (χ0) is 45.2. The molecule has 2 aliphatic rings. The van der Waals surface area contributed by atoms with Crippen LogP contribution < -0.4 is 0 Å². The number of rotatable bonds is 22. The van der Waals surface area contributed by atoms with Gasteiger partial charge >= 0.3 is 0 Å². The molecule has 0 bridgehead atoms. The van der Waals surface area contributed by atoms with E-state index in [0.717, 1.165) is 33.4 Å². The number of hydrogen-bond acceptors (Lipinski definition) is 10. The fourth-order valence-corrected chi connectivity index (χ4v) is 8.29. The molecule has 10 heteroatoms. The molecule has 0 saturated carbocycles. The van der Waals surface area contributed by atoms with E-state index in [-0.39, 0.29) is 0 Å². The van der Waals surface area contributed by atoms with Crippen LogP contribution in [-0.2, 0) is 87.0 Å². The van der Waals surface area contributed by atoms with Gasteiger partial charge in [-0.25, -0.2) is 0 Å². The van der Waals surface area contributed by atoms with Crippen LogP contribution in [0.5, 0.6) is 0 Å². The topological polar surface area (TPSA) is 92.3 Å². The Morgan fingerprint density at radius 1 is 0.303 bits per heavy atom. The molecule has 2 heterocycles. The first-order valence-electron chi connectivity index (χ1n) is 22.6. The van der Waals surface area contributed by atoms with E-state index >= 15 is 0 Å². The highest BCUT2D eigenvalue weighted by molar-refractivity contribution is 5.19. The van der Waals surface area contributed by atoms with Crippen LogP contribution in [0.3, 0.4) is 0 Å². The average Bonchev–Trinajstić information content (AvgIpc) is 3.38. The standard InChI is InChI=1S/C56H60O10/c1-57-55-53(63-39-45-29-17-7-18-30-45)51(61-37-43-25-13-5-14-26-43)49(59-35-41-21-9-3-10-22-41)47(65-55)33-34-48-50(60-36-42-23-11-4-12-24-42)52(62-38-44-27-15-6-16-28-44)54(56(58-2)66-48)64-40-46-31-19-8-20-32-46/h3-34,47-56H,35-40H2,1-2H3/t47-,48-,49+,50+,51+,52+,53-,54-,55+,56+/m1/s1. The van der Waals surface area contributed by atoms with E-state index in [9.17, 15) is 0 Å². The summed E-state index contributed by atoms with van der Waals surface area (Å²) in [5.74, 6) is 0. The van der Waals surface area contributed by atoms with Crippen LogP contribution in [0.2, 0.25) is 0 Å². The van der Waals surface area contributed by atoms with Gasteiger partial charge in [0.15, 0.2) is 12.6 Å². The molecule has 10 atom stereocenters. The van der Waals surface area contributed by atoms with Crippen LogP contribution in [-0.4, -0.2) is 75.6 Å². The smallest absolute Gasteiger partial charge is 0.186 e. The lowest BCUT2D eigenvalue weighted by Gasteiger charge is -2.46. The molecule has 2 saturated heterocycles.